The Hall–Kier alpha value is -3.33. The van der Waals surface area contributed by atoms with Gasteiger partial charge in [0.25, 0.3) is 11.5 Å². The highest BCUT2D eigenvalue weighted by Gasteiger charge is 2.19. The Morgan fingerprint density at radius 2 is 1.82 bits per heavy atom. The number of methoxy groups -OCH3 is 2. The smallest absolute Gasteiger partial charge is 0.280 e. The summed E-state index contributed by atoms with van der Waals surface area (Å²) in [5.41, 5.74) is -0.113. The Balaban J connectivity index is 1.99. The van der Waals surface area contributed by atoms with E-state index in [9.17, 15) is 14.7 Å². The van der Waals surface area contributed by atoms with Gasteiger partial charge in [0.1, 0.15) is 11.5 Å². The summed E-state index contributed by atoms with van der Waals surface area (Å²) in [6.07, 6.45) is 0. The molecule has 0 bridgehead atoms. The zero-order valence-corrected chi connectivity index (χ0v) is 16.6. The molecule has 0 aliphatic carbocycles. The van der Waals surface area contributed by atoms with Crippen LogP contribution in [0.5, 0.6) is 17.2 Å². The number of ether oxygens (including phenoxy) is 2. The Bertz CT molecular complexity index is 1080. The molecule has 1 heterocycles. The summed E-state index contributed by atoms with van der Waals surface area (Å²) in [6.45, 7) is 0. The number of carbonyl (C=O) groups excluding carboxylic acids is 1. The van der Waals surface area contributed by atoms with Crippen molar-refractivity contribution < 1.29 is 19.4 Å². The zero-order valence-electron chi connectivity index (χ0n) is 15.0. The van der Waals surface area contributed by atoms with E-state index in [0.29, 0.717) is 22.9 Å². The van der Waals surface area contributed by atoms with E-state index in [2.05, 4.69) is 26.3 Å². The van der Waals surface area contributed by atoms with Crippen LogP contribution in [-0.4, -0.2) is 35.0 Å². The molecule has 0 aliphatic rings. The summed E-state index contributed by atoms with van der Waals surface area (Å²) in [4.78, 5) is 24.9. The van der Waals surface area contributed by atoms with Gasteiger partial charge in [0.15, 0.2) is 11.4 Å². The van der Waals surface area contributed by atoms with Crippen LogP contribution in [0.3, 0.4) is 0 Å². The van der Waals surface area contributed by atoms with Gasteiger partial charge in [-0.25, -0.2) is 0 Å². The van der Waals surface area contributed by atoms with Gasteiger partial charge in [0.2, 0.25) is 0 Å². The molecule has 0 radical (unpaired) electrons. The second-order valence-corrected chi connectivity index (χ2v) is 6.54. The summed E-state index contributed by atoms with van der Waals surface area (Å²) >= 11 is 3.31. The van der Waals surface area contributed by atoms with Crippen molar-refractivity contribution in [1.29, 1.82) is 0 Å². The van der Waals surface area contributed by atoms with Crippen LogP contribution < -0.4 is 20.3 Å². The molecular formula is C19H16BrN3O5. The number of hydrogen-bond donors (Lipinski definition) is 2. The second kappa shape index (κ2) is 8.13. The molecule has 3 rings (SSSR count). The molecule has 0 atom stereocenters. The maximum absolute atomic E-state index is 12.7. The molecule has 0 aliphatic heterocycles. The summed E-state index contributed by atoms with van der Waals surface area (Å²) in [6, 6.07) is 12.6. The summed E-state index contributed by atoms with van der Waals surface area (Å²) in [5.74, 6) is -0.337. The Morgan fingerprint density at radius 1 is 1.11 bits per heavy atom. The maximum Gasteiger partial charge on any atom is 0.280 e. The first kappa shape index (κ1) is 19.4. The molecule has 144 valence electrons. The summed E-state index contributed by atoms with van der Waals surface area (Å²) in [7, 11) is 2.95. The Morgan fingerprint density at radius 3 is 2.46 bits per heavy atom. The van der Waals surface area contributed by atoms with Gasteiger partial charge in [0.05, 0.1) is 25.6 Å². The summed E-state index contributed by atoms with van der Waals surface area (Å²) in [5, 5.41) is 16.7. The lowest BCUT2D eigenvalue weighted by Crippen LogP contribution is -2.25. The molecular weight excluding hydrogens is 430 g/mol. The Labute approximate surface area is 168 Å². The lowest BCUT2D eigenvalue weighted by atomic mass is 10.2. The molecule has 2 N–H and O–H groups in total. The molecule has 28 heavy (non-hydrogen) atoms. The number of anilines is 1. The quantitative estimate of drug-likeness (QED) is 0.625. The highest BCUT2D eigenvalue weighted by Crippen LogP contribution is 2.29. The van der Waals surface area contributed by atoms with Crippen LogP contribution in [0, 0.1) is 0 Å². The van der Waals surface area contributed by atoms with Gasteiger partial charge in [0, 0.05) is 16.6 Å². The van der Waals surface area contributed by atoms with E-state index in [1.165, 1.54) is 14.2 Å². The third-order valence-corrected chi connectivity index (χ3v) is 4.38. The van der Waals surface area contributed by atoms with Crippen molar-refractivity contribution in [1.82, 2.24) is 9.78 Å². The maximum atomic E-state index is 12.7. The van der Waals surface area contributed by atoms with Crippen LogP contribution in [0.25, 0.3) is 5.69 Å². The topological polar surface area (TPSA) is 103 Å². The van der Waals surface area contributed by atoms with Crippen molar-refractivity contribution in [2.45, 2.75) is 0 Å². The van der Waals surface area contributed by atoms with Crippen molar-refractivity contribution in [2.75, 3.05) is 19.5 Å². The van der Waals surface area contributed by atoms with Crippen LogP contribution in [0.2, 0.25) is 0 Å². The first-order valence-corrected chi connectivity index (χ1v) is 8.85. The van der Waals surface area contributed by atoms with Crippen LogP contribution in [0.1, 0.15) is 10.5 Å². The van der Waals surface area contributed by atoms with Gasteiger partial charge in [-0.1, -0.05) is 15.9 Å². The molecule has 9 heteroatoms. The van der Waals surface area contributed by atoms with E-state index in [1.807, 2.05) is 0 Å². The number of hydrogen-bond acceptors (Lipinski definition) is 6. The third-order valence-electron chi connectivity index (χ3n) is 3.85. The van der Waals surface area contributed by atoms with Crippen molar-refractivity contribution >= 4 is 27.5 Å². The molecule has 0 saturated carbocycles. The monoisotopic (exact) mass is 445 g/mol. The van der Waals surface area contributed by atoms with Crippen LogP contribution >= 0.6 is 15.9 Å². The minimum absolute atomic E-state index is 0.313. The molecule has 0 fully saturated rings. The number of amides is 1. The van der Waals surface area contributed by atoms with E-state index in [4.69, 9.17) is 9.47 Å². The fraction of sp³-hybridized carbons (Fsp3) is 0.105. The van der Waals surface area contributed by atoms with E-state index < -0.39 is 17.2 Å². The van der Waals surface area contributed by atoms with E-state index >= 15 is 0 Å². The molecule has 0 unspecified atom stereocenters. The highest BCUT2D eigenvalue weighted by atomic mass is 79.9. The lowest BCUT2D eigenvalue weighted by molar-refractivity contribution is 0.101. The van der Waals surface area contributed by atoms with Crippen molar-refractivity contribution in [3.05, 3.63) is 69.1 Å². The third kappa shape index (κ3) is 3.99. The predicted molar refractivity (Wildman–Crippen MR) is 107 cm³/mol. The number of aromatic nitrogens is 2. The molecule has 8 nitrogen and oxygen atoms in total. The second-order valence-electron chi connectivity index (χ2n) is 5.62. The number of halogens is 1. The molecule has 0 saturated heterocycles. The fourth-order valence-electron chi connectivity index (χ4n) is 2.47. The molecule has 1 amide bonds. The van der Waals surface area contributed by atoms with Crippen LogP contribution in [0.15, 0.2) is 57.8 Å². The van der Waals surface area contributed by atoms with E-state index in [1.54, 1.807) is 42.5 Å². The van der Waals surface area contributed by atoms with E-state index in [-0.39, 0.29) is 5.69 Å². The van der Waals surface area contributed by atoms with Crippen LogP contribution in [-0.2, 0) is 0 Å². The van der Waals surface area contributed by atoms with Gasteiger partial charge >= 0.3 is 0 Å². The largest absolute Gasteiger partial charge is 0.505 e. The zero-order chi connectivity index (χ0) is 20.3. The average Bonchev–Trinajstić information content (AvgIpc) is 2.68. The number of nitrogens with one attached hydrogen (secondary N) is 1. The van der Waals surface area contributed by atoms with Gasteiger partial charge < -0.3 is 19.9 Å². The molecule has 2 aromatic carbocycles. The molecule has 3 aromatic rings. The number of benzene rings is 2. The highest BCUT2D eigenvalue weighted by molar-refractivity contribution is 9.10. The first-order valence-electron chi connectivity index (χ1n) is 8.05. The number of nitrogens with zero attached hydrogens (tertiary/aromatic N) is 2. The minimum Gasteiger partial charge on any atom is -0.505 e. The van der Waals surface area contributed by atoms with Crippen LogP contribution in [0.4, 0.5) is 5.69 Å². The number of aromatic hydroxyl groups is 1. The molecule has 0 spiro atoms. The number of carbonyl (C=O) groups is 1. The SMILES string of the molecule is COc1ccc(OC)c(NC(=O)c2nn(-c3ccc(Br)cc3)c(=O)cc2O)c1. The predicted octanol–water partition coefficient (Wildman–Crippen LogP) is 2.97. The van der Waals surface area contributed by atoms with Gasteiger partial charge in [-0.05, 0) is 36.4 Å². The lowest BCUT2D eigenvalue weighted by Gasteiger charge is -2.13. The fourth-order valence-corrected chi connectivity index (χ4v) is 2.73. The van der Waals surface area contributed by atoms with Gasteiger partial charge in [-0.2, -0.15) is 9.78 Å². The van der Waals surface area contributed by atoms with E-state index in [0.717, 1.165) is 15.2 Å². The normalized spacial score (nSPS) is 10.4. The number of rotatable bonds is 5. The van der Waals surface area contributed by atoms with Crippen molar-refractivity contribution in [3.63, 3.8) is 0 Å². The van der Waals surface area contributed by atoms with Crippen molar-refractivity contribution in [2.24, 2.45) is 0 Å². The first-order chi connectivity index (χ1) is 13.4. The molecule has 1 aromatic heterocycles. The van der Waals surface area contributed by atoms with Gasteiger partial charge in [-0.3, -0.25) is 9.59 Å². The average molecular weight is 446 g/mol. The standard InChI is InChI=1S/C19H16BrN3O5/c1-27-13-7-8-16(28-2)14(9-13)21-19(26)18-15(24)10-17(25)23(22-18)12-5-3-11(20)4-6-12/h3-10,24H,1-2H3,(H,21,26). The Kier molecular flexibility index (Phi) is 5.65. The minimum atomic E-state index is -0.713. The summed E-state index contributed by atoms with van der Waals surface area (Å²) < 4.78 is 12.2. The van der Waals surface area contributed by atoms with Crippen molar-refractivity contribution in [3.8, 4) is 22.9 Å². The van der Waals surface area contributed by atoms with Gasteiger partial charge in [-0.15, -0.1) is 0 Å².